The summed E-state index contributed by atoms with van der Waals surface area (Å²) in [4.78, 5) is 0. The summed E-state index contributed by atoms with van der Waals surface area (Å²) in [7, 11) is 0. The number of aromatic nitrogens is 2. The van der Waals surface area contributed by atoms with Gasteiger partial charge in [0.15, 0.2) is 0 Å². The standard InChI is InChI=1S/C15H25BrN2O2/c1-3-13-15(16)14(18(4-2)17-13)10-11(19)9-12-7-5-6-8-20-12/h11-12,19H,3-10H2,1-2H3. The molecule has 114 valence electrons. The molecule has 2 unspecified atom stereocenters. The van der Waals surface area contributed by atoms with Gasteiger partial charge in [-0.3, -0.25) is 4.68 Å². The Labute approximate surface area is 129 Å². The van der Waals surface area contributed by atoms with Gasteiger partial charge in [-0.1, -0.05) is 6.92 Å². The van der Waals surface area contributed by atoms with Gasteiger partial charge in [-0.2, -0.15) is 5.10 Å². The Morgan fingerprint density at radius 1 is 1.45 bits per heavy atom. The van der Waals surface area contributed by atoms with E-state index >= 15 is 0 Å². The highest BCUT2D eigenvalue weighted by atomic mass is 79.9. The van der Waals surface area contributed by atoms with Crippen molar-refractivity contribution in [2.75, 3.05) is 6.61 Å². The quantitative estimate of drug-likeness (QED) is 0.862. The molecule has 1 aromatic rings. The fourth-order valence-electron chi connectivity index (χ4n) is 2.82. The summed E-state index contributed by atoms with van der Waals surface area (Å²) in [5.41, 5.74) is 2.18. The average molecular weight is 345 g/mol. The molecule has 2 rings (SSSR count). The first kappa shape index (κ1) is 16.0. The van der Waals surface area contributed by atoms with E-state index in [-0.39, 0.29) is 12.2 Å². The fraction of sp³-hybridized carbons (Fsp3) is 0.800. The van der Waals surface area contributed by atoms with E-state index in [0.717, 1.165) is 54.7 Å². The van der Waals surface area contributed by atoms with Gasteiger partial charge in [0.05, 0.1) is 28.1 Å². The van der Waals surface area contributed by atoms with Gasteiger partial charge in [0.1, 0.15) is 0 Å². The van der Waals surface area contributed by atoms with Crippen LogP contribution in [0.15, 0.2) is 4.47 Å². The maximum Gasteiger partial charge on any atom is 0.0766 e. The Bertz CT molecular complexity index is 428. The molecule has 20 heavy (non-hydrogen) atoms. The molecule has 5 heteroatoms. The molecule has 0 saturated carbocycles. The van der Waals surface area contributed by atoms with Gasteiger partial charge in [0.2, 0.25) is 0 Å². The van der Waals surface area contributed by atoms with Crippen molar-refractivity contribution in [2.45, 2.75) is 71.1 Å². The lowest BCUT2D eigenvalue weighted by molar-refractivity contribution is -0.0151. The zero-order valence-electron chi connectivity index (χ0n) is 12.4. The van der Waals surface area contributed by atoms with Crippen molar-refractivity contribution in [3.63, 3.8) is 0 Å². The van der Waals surface area contributed by atoms with Gasteiger partial charge in [-0.25, -0.2) is 0 Å². The molecule has 2 heterocycles. The highest BCUT2D eigenvalue weighted by Crippen LogP contribution is 2.25. The normalized spacial score (nSPS) is 21.1. The van der Waals surface area contributed by atoms with E-state index in [1.54, 1.807) is 0 Å². The van der Waals surface area contributed by atoms with Crippen LogP contribution in [0.1, 0.15) is 50.9 Å². The first-order valence-corrected chi connectivity index (χ1v) is 8.48. The van der Waals surface area contributed by atoms with Crippen molar-refractivity contribution >= 4 is 15.9 Å². The summed E-state index contributed by atoms with van der Waals surface area (Å²) in [6, 6.07) is 0. The molecule has 1 fully saturated rings. The van der Waals surface area contributed by atoms with Gasteiger partial charge in [-0.05, 0) is 55.0 Å². The van der Waals surface area contributed by atoms with Crippen LogP contribution in [-0.4, -0.2) is 33.7 Å². The molecule has 2 atom stereocenters. The average Bonchev–Trinajstić information content (AvgIpc) is 2.76. The monoisotopic (exact) mass is 344 g/mol. The molecule has 0 aliphatic carbocycles. The number of aliphatic hydroxyl groups is 1. The molecule has 4 nitrogen and oxygen atoms in total. The number of rotatable bonds is 6. The van der Waals surface area contributed by atoms with Crippen LogP contribution in [0, 0.1) is 0 Å². The maximum absolute atomic E-state index is 10.3. The third-order valence-corrected chi connectivity index (χ3v) is 4.85. The smallest absolute Gasteiger partial charge is 0.0766 e. The Morgan fingerprint density at radius 2 is 2.25 bits per heavy atom. The molecule has 1 aliphatic heterocycles. The van der Waals surface area contributed by atoms with Crippen molar-refractivity contribution in [2.24, 2.45) is 0 Å². The van der Waals surface area contributed by atoms with Crippen LogP contribution in [0.5, 0.6) is 0 Å². The second kappa shape index (κ2) is 7.57. The number of aliphatic hydroxyl groups excluding tert-OH is 1. The van der Waals surface area contributed by atoms with Crippen LogP contribution in [0.2, 0.25) is 0 Å². The van der Waals surface area contributed by atoms with Gasteiger partial charge in [0, 0.05) is 19.6 Å². The van der Waals surface area contributed by atoms with E-state index in [1.807, 2.05) is 4.68 Å². The molecule has 1 aliphatic rings. The second-order valence-corrected chi connectivity index (χ2v) is 6.25. The molecule has 0 bridgehead atoms. The summed E-state index contributed by atoms with van der Waals surface area (Å²) in [5, 5.41) is 14.9. The van der Waals surface area contributed by atoms with Gasteiger partial charge >= 0.3 is 0 Å². The van der Waals surface area contributed by atoms with Crippen LogP contribution in [0.25, 0.3) is 0 Å². The topological polar surface area (TPSA) is 47.3 Å². The number of nitrogens with zero attached hydrogens (tertiary/aromatic N) is 2. The molecule has 0 aromatic carbocycles. The van der Waals surface area contributed by atoms with Crippen molar-refractivity contribution in [3.05, 3.63) is 15.9 Å². The molecule has 1 N–H and O–H groups in total. The van der Waals surface area contributed by atoms with Crippen molar-refractivity contribution < 1.29 is 9.84 Å². The first-order chi connectivity index (χ1) is 9.65. The van der Waals surface area contributed by atoms with Crippen LogP contribution in [-0.2, 0) is 24.1 Å². The van der Waals surface area contributed by atoms with Gasteiger partial charge in [0.25, 0.3) is 0 Å². The number of hydrogen-bond donors (Lipinski definition) is 1. The molecule has 1 saturated heterocycles. The van der Waals surface area contributed by atoms with E-state index in [0.29, 0.717) is 6.42 Å². The summed E-state index contributed by atoms with van der Waals surface area (Å²) < 4.78 is 8.76. The lowest BCUT2D eigenvalue weighted by Gasteiger charge is -2.24. The predicted octanol–water partition coefficient (Wildman–Crippen LogP) is 3.09. The minimum absolute atomic E-state index is 0.223. The van der Waals surface area contributed by atoms with Crippen molar-refractivity contribution in [1.29, 1.82) is 0 Å². The number of hydrogen-bond acceptors (Lipinski definition) is 3. The zero-order chi connectivity index (χ0) is 14.5. The summed E-state index contributed by atoms with van der Waals surface area (Å²) in [5.74, 6) is 0. The van der Waals surface area contributed by atoms with Crippen LogP contribution >= 0.6 is 15.9 Å². The number of aryl methyl sites for hydroxylation is 2. The lowest BCUT2D eigenvalue weighted by atomic mass is 10.0. The third kappa shape index (κ3) is 3.83. The Morgan fingerprint density at radius 3 is 2.85 bits per heavy atom. The van der Waals surface area contributed by atoms with Crippen molar-refractivity contribution in [1.82, 2.24) is 9.78 Å². The molecule has 0 spiro atoms. The van der Waals surface area contributed by atoms with Crippen LogP contribution in [0.3, 0.4) is 0 Å². The number of halogens is 1. The number of ether oxygens (including phenoxy) is 1. The van der Waals surface area contributed by atoms with Gasteiger partial charge < -0.3 is 9.84 Å². The molecule has 0 radical (unpaired) electrons. The Kier molecular flexibility index (Phi) is 6.05. The van der Waals surface area contributed by atoms with E-state index in [1.165, 1.54) is 6.42 Å². The van der Waals surface area contributed by atoms with Gasteiger partial charge in [-0.15, -0.1) is 0 Å². The highest BCUT2D eigenvalue weighted by Gasteiger charge is 2.21. The SMILES string of the molecule is CCc1nn(CC)c(CC(O)CC2CCCCO2)c1Br. The highest BCUT2D eigenvalue weighted by molar-refractivity contribution is 9.10. The second-order valence-electron chi connectivity index (χ2n) is 5.46. The minimum Gasteiger partial charge on any atom is -0.393 e. The minimum atomic E-state index is -0.360. The van der Waals surface area contributed by atoms with Crippen LogP contribution < -0.4 is 0 Å². The summed E-state index contributed by atoms with van der Waals surface area (Å²) >= 11 is 3.63. The first-order valence-electron chi connectivity index (χ1n) is 7.69. The molecule has 1 aromatic heterocycles. The lowest BCUT2D eigenvalue weighted by Crippen LogP contribution is -2.26. The van der Waals surface area contributed by atoms with E-state index in [2.05, 4.69) is 34.9 Å². The van der Waals surface area contributed by atoms with Crippen LogP contribution in [0.4, 0.5) is 0 Å². The summed E-state index contributed by atoms with van der Waals surface area (Å²) in [6.45, 7) is 5.86. The largest absolute Gasteiger partial charge is 0.393 e. The fourth-order valence-corrected chi connectivity index (χ4v) is 3.54. The Hall–Kier alpha value is -0.390. The molecule has 0 amide bonds. The summed E-state index contributed by atoms with van der Waals surface area (Å²) in [6.07, 6.45) is 5.58. The van der Waals surface area contributed by atoms with E-state index < -0.39 is 0 Å². The van der Waals surface area contributed by atoms with Crippen molar-refractivity contribution in [3.8, 4) is 0 Å². The predicted molar refractivity (Wildman–Crippen MR) is 82.9 cm³/mol. The third-order valence-electron chi connectivity index (χ3n) is 3.93. The maximum atomic E-state index is 10.3. The zero-order valence-corrected chi connectivity index (χ0v) is 14.0. The van der Waals surface area contributed by atoms with E-state index in [4.69, 9.17) is 4.74 Å². The molecular formula is C15H25BrN2O2. The molecular weight excluding hydrogens is 320 g/mol. The van der Waals surface area contributed by atoms with E-state index in [9.17, 15) is 5.11 Å². The Balaban J connectivity index is 1.99.